The van der Waals surface area contributed by atoms with Crippen LogP contribution in [0.15, 0.2) is 103 Å². The zero-order valence-corrected chi connectivity index (χ0v) is 27.1. The summed E-state index contributed by atoms with van der Waals surface area (Å²) >= 11 is 0. The van der Waals surface area contributed by atoms with Crippen molar-refractivity contribution in [2.24, 2.45) is 5.41 Å². The van der Waals surface area contributed by atoms with Crippen LogP contribution in [0.5, 0.6) is 0 Å². The highest BCUT2D eigenvalue weighted by molar-refractivity contribution is 5.94. The molecule has 2 fully saturated rings. The van der Waals surface area contributed by atoms with Crippen LogP contribution in [0.1, 0.15) is 47.3 Å². The van der Waals surface area contributed by atoms with Gasteiger partial charge in [0, 0.05) is 41.2 Å². The number of nitrogens with one attached hydrogen (secondary N) is 1. The first-order valence-electron chi connectivity index (χ1n) is 16.0. The molecule has 49 heavy (non-hydrogen) atoms. The number of hydrogen-bond acceptors (Lipinski definition) is 10. The number of carbonyl (C=O) groups is 4. The van der Waals surface area contributed by atoms with Crippen LogP contribution in [0.4, 0.5) is 0 Å². The first kappa shape index (κ1) is 33.8. The summed E-state index contributed by atoms with van der Waals surface area (Å²) in [4.78, 5) is 50.9. The number of esters is 3. The van der Waals surface area contributed by atoms with Gasteiger partial charge in [0.05, 0.1) is 12.2 Å². The molecule has 3 aromatic rings. The molecule has 6 rings (SSSR count). The number of amides is 1. The van der Waals surface area contributed by atoms with E-state index in [1.54, 1.807) is 44.2 Å². The van der Waals surface area contributed by atoms with Crippen molar-refractivity contribution in [2.75, 3.05) is 19.8 Å². The Morgan fingerprint density at radius 1 is 0.918 bits per heavy atom. The minimum absolute atomic E-state index is 0.0570. The van der Waals surface area contributed by atoms with Crippen LogP contribution in [-0.2, 0) is 43.9 Å². The second-order valence-electron chi connectivity index (χ2n) is 12.7. The molecule has 0 saturated carbocycles. The van der Waals surface area contributed by atoms with Crippen LogP contribution in [-0.4, -0.2) is 73.1 Å². The zero-order valence-electron chi connectivity index (χ0n) is 27.1. The number of carbonyl (C=O) groups excluding carboxylic acids is 4. The van der Waals surface area contributed by atoms with Gasteiger partial charge in [-0.05, 0) is 29.8 Å². The van der Waals surface area contributed by atoms with Gasteiger partial charge in [0.1, 0.15) is 24.9 Å². The first-order chi connectivity index (χ1) is 23.6. The van der Waals surface area contributed by atoms with Crippen molar-refractivity contribution < 1.29 is 48.0 Å². The fourth-order valence-electron chi connectivity index (χ4n) is 6.07. The van der Waals surface area contributed by atoms with Crippen molar-refractivity contribution in [2.45, 2.75) is 50.5 Å². The van der Waals surface area contributed by atoms with E-state index in [0.717, 1.165) is 11.1 Å². The van der Waals surface area contributed by atoms with Gasteiger partial charge < -0.3 is 34.1 Å². The predicted octanol–water partition coefficient (Wildman–Crippen LogP) is 3.84. The molecule has 254 valence electrons. The van der Waals surface area contributed by atoms with E-state index in [0.29, 0.717) is 11.1 Å². The Bertz CT molecular complexity index is 1710. The first-order valence-corrected chi connectivity index (χ1v) is 16.0. The third-order valence-electron chi connectivity index (χ3n) is 8.64. The van der Waals surface area contributed by atoms with Crippen molar-refractivity contribution in [1.82, 2.24) is 5.32 Å². The van der Waals surface area contributed by atoms with Crippen molar-refractivity contribution in [3.63, 3.8) is 0 Å². The molecule has 0 aromatic heterocycles. The molecule has 4 unspecified atom stereocenters. The molecule has 11 nitrogen and oxygen atoms in total. The summed E-state index contributed by atoms with van der Waals surface area (Å²) in [7, 11) is 0. The van der Waals surface area contributed by atoms with Gasteiger partial charge in [0.25, 0.3) is 0 Å². The van der Waals surface area contributed by atoms with Crippen LogP contribution < -0.4 is 5.32 Å². The topological polar surface area (TPSA) is 147 Å². The van der Waals surface area contributed by atoms with E-state index < -0.39 is 59.4 Å². The summed E-state index contributed by atoms with van der Waals surface area (Å²) in [6, 6.07) is 25.2. The normalized spacial score (nSPS) is 23.7. The molecule has 11 heteroatoms. The smallest absolute Gasteiger partial charge is 0.348 e. The quantitative estimate of drug-likeness (QED) is 0.186. The van der Waals surface area contributed by atoms with E-state index >= 15 is 0 Å². The highest BCUT2D eigenvalue weighted by atomic mass is 16.8. The molecule has 0 bridgehead atoms. The largest absolute Gasteiger partial charge is 0.462 e. The van der Waals surface area contributed by atoms with Crippen LogP contribution >= 0.6 is 0 Å². The molecular formula is C38H37NO10. The Morgan fingerprint density at radius 2 is 1.57 bits per heavy atom. The van der Waals surface area contributed by atoms with Crippen LogP contribution in [0.2, 0.25) is 0 Å². The number of hydrogen-bond donors (Lipinski definition) is 2. The summed E-state index contributed by atoms with van der Waals surface area (Å²) in [5, 5.41) is 11.9. The Balaban J connectivity index is 1.20. The SMILES string of the molecule is CC1(C)COC(=O)C1OC(=O)C=Cc1ccc(C(=O)OC2CC(C(=O)NCCO)=CC3OC(c4ccccc4)(c4ccccc4)OC32)cc1. The van der Waals surface area contributed by atoms with E-state index in [4.69, 9.17) is 23.7 Å². The Morgan fingerprint density at radius 3 is 2.16 bits per heavy atom. The van der Waals surface area contributed by atoms with Gasteiger partial charge in [-0.1, -0.05) is 86.6 Å². The maximum absolute atomic E-state index is 13.5. The molecule has 2 saturated heterocycles. The van der Waals surface area contributed by atoms with Gasteiger partial charge in [-0.2, -0.15) is 0 Å². The minimum Gasteiger partial charge on any atom is -0.462 e. The van der Waals surface area contributed by atoms with E-state index in [1.807, 2.05) is 60.7 Å². The van der Waals surface area contributed by atoms with Gasteiger partial charge >= 0.3 is 17.9 Å². The summed E-state index contributed by atoms with van der Waals surface area (Å²) in [5.41, 5.74) is 2.03. The summed E-state index contributed by atoms with van der Waals surface area (Å²) in [6.07, 6.45) is 1.08. The third kappa shape index (κ3) is 7.19. The molecular weight excluding hydrogens is 630 g/mol. The highest BCUT2D eigenvalue weighted by Crippen LogP contribution is 2.47. The average Bonchev–Trinajstić information content (AvgIpc) is 3.64. The second-order valence-corrected chi connectivity index (χ2v) is 12.7. The Kier molecular flexibility index (Phi) is 9.77. The van der Waals surface area contributed by atoms with Gasteiger partial charge in [0.15, 0.2) is 0 Å². The number of cyclic esters (lactones) is 1. The lowest BCUT2D eigenvalue weighted by molar-refractivity contribution is -0.159. The number of fused-ring (bicyclic) bond motifs is 1. The summed E-state index contributed by atoms with van der Waals surface area (Å²) in [5.74, 6) is -3.65. The van der Waals surface area contributed by atoms with E-state index in [-0.39, 0.29) is 31.7 Å². The van der Waals surface area contributed by atoms with Gasteiger partial charge in [-0.25, -0.2) is 14.4 Å². The van der Waals surface area contributed by atoms with E-state index in [2.05, 4.69) is 5.32 Å². The molecule has 2 N–H and O–H groups in total. The van der Waals surface area contributed by atoms with Crippen LogP contribution in [0.25, 0.3) is 6.08 Å². The standard InChI is InChI=1S/C38H37NO10/c1-37(2)23-45-36(44)33(37)47-31(41)18-15-24-13-16-25(17-14-24)35(43)46-29-21-26(34(42)39-19-20-40)22-30-32(29)49-38(48-30,27-9-5-3-6-10-27)28-11-7-4-8-12-28/h3-18,22,29-30,32-33,40H,19-21,23H2,1-2H3,(H,39,42). The molecule has 1 amide bonds. The Labute approximate surface area is 283 Å². The summed E-state index contributed by atoms with van der Waals surface area (Å²) in [6.45, 7) is 3.56. The minimum atomic E-state index is -1.33. The number of rotatable bonds is 10. The lowest BCUT2D eigenvalue weighted by Gasteiger charge is -2.31. The van der Waals surface area contributed by atoms with E-state index in [9.17, 15) is 24.3 Å². The Hall–Kier alpha value is -5.10. The molecule has 3 aromatic carbocycles. The van der Waals surface area contributed by atoms with Gasteiger partial charge in [-0.3, -0.25) is 4.79 Å². The number of benzene rings is 3. The molecule has 4 atom stereocenters. The lowest BCUT2D eigenvalue weighted by Crippen LogP contribution is -2.43. The maximum atomic E-state index is 13.5. The molecule has 2 aliphatic heterocycles. The van der Waals surface area contributed by atoms with Crippen molar-refractivity contribution in [3.05, 3.63) is 125 Å². The highest BCUT2D eigenvalue weighted by Gasteiger charge is 2.55. The van der Waals surface area contributed by atoms with Crippen LogP contribution in [0, 0.1) is 5.41 Å². The summed E-state index contributed by atoms with van der Waals surface area (Å²) < 4.78 is 29.7. The molecule has 2 heterocycles. The molecule has 3 aliphatic rings. The molecule has 0 radical (unpaired) electrons. The van der Waals surface area contributed by atoms with Crippen LogP contribution in [0.3, 0.4) is 0 Å². The van der Waals surface area contributed by atoms with Crippen molar-refractivity contribution >= 4 is 29.9 Å². The lowest BCUT2D eigenvalue weighted by atomic mass is 9.90. The fourth-order valence-corrected chi connectivity index (χ4v) is 6.07. The molecule has 0 spiro atoms. The number of aliphatic hydroxyl groups excluding tert-OH is 1. The van der Waals surface area contributed by atoms with E-state index in [1.165, 1.54) is 12.2 Å². The molecule has 1 aliphatic carbocycles. The van der Waals surface area contributed by atoms with Gasteiger partial charge in [0.2, 0.25) is 17.8 Å². The zero-order chi connectivity index (χ0) is 34.6. The number of aliphatic hydroxyl groups is 1. The fraction of sp³-hybridized carbons (Fsp3) is 0.316. The van der Waals surface area contributed by atoms with Crippen molar-refractivity contribution in [1.29, 1.82) is 0 Å². The maximum Gasteiger partial charge on any atom is 0.348 e. The van der Waals surface area contributed by atoms with Gasteiger partial charge in [-0.15, -0.1) is 0 Å². The van der Waals surface area contributed by atoms with Crippen molar-refractivity contribution in [3.8, 4) is 0 Å². The number of ether oxygens (including phenoxy) is 5. The predicted molar refractivity (Wildman–Crippen MR) is 176 cm³/mol. The average molecular weight is 668 g/mol. The second kappa shape index (κ2) is 14.2. The third-order valence-corrected chi connectivity index (χ3v) is 8.64. The monoisotopic (exact) mass is 667 g/mol.